The second-order valence-electron chi connectivity index (χ2n) is 7.83. The van der Waals surface area contributed by atoms with E-state index < -0.39 is 24.0 Å². The maximum atomic E-state index is 12.7. The molecule has 0 saturated carbocycles. The van der Waals surface area contributed by atoms with Crippen LogP contribution in [-0.4, -0.2) is 64.3 Å². The van der Waals surface area contributed by atoms with E-state index in [9.17, 15) is 14.7 Å². The van der Waals surface area contributed by atoms with Gasteiger partial charge in [-0.3, -0.25) is 14.5 Å². The number of para-hydroxylation sites is 1. The molecule has 1 amide bonds. The molecule has 3 atom stereocenters. The zero-order chi connectivity index (χ0) is 20.4. The smallest absolute Gasteiger partial charge is 0.306 e. The number of aliphatic carboxylic acids is 1. The van der Waals surface area contributed by atoms with E-state index in [1.54, 1.807) is 11.0 Å². The highest BCUT2D eigenvalue weighted by Crippen LogP contribution is 2.31. The number of rotatable bonds is 7. The number of nitrogens with two attached hydrogens (primary N) is 1. The fourth-order valence-electron chi connectivity index (χ4n) is 3.25. The molecule has 0 aromatic heterocycles. The minimum absolute atomic E-state index is 0.0739. The van der Waals surface area contributed by atoms with Gasteiger partial charge >= 0.3 is 5.97 Å². The third-order valence-electron chi connectivity index (χ3n) is 5.11. The number of aliphatic hydroxyl groups excluding tert-OH is 1. The molecule has 0 aliphatic carbocycles. The largest absolute Gasteiger partial charge is 0.481 e. The normalized spacial score (nSPS) is 21.0. The molecule has 2 rings (SSSR count). The summed E-state index contributed by atoms with van der Waals surface area (Å²) in [4.78, 5) is 27.3. The second-order valence-corrected chi connectivity index (χ2v) is 8.24. The lowest BCUT2D eigenvalue weighted by Crippen LogP contribution is -2.64. The Balaban J connectivity index is 2.07. The molecule has 1 saturated heterocycles. The molecule has 1 aromatic rings. The zero-order valence-corrected chi connectivity index (χ0v) is 16.7. The Bertz CT molecular complexity index is 697. The van der Waals surface area contributed by atoms with E-state index >= 15 is 0 Å². The Morgan fingerprint density at radius 1 is 1.37 bits per heavy atom. The maximum absolute atomic E-state index is 12.7. The Morgan fingerprint density at radius 2 is 2.00 bits per heavy atom. The number of carbonyl (C=O) groups is 2. The summed E-state index contributed by atoms with van der Waals surface area (Å²) in [7, 11) is 0. The predicted molar refractivity (Wildman–Crippen MR) is 105 cm³/mol. The Morgan fingerprint density at radius 3 is 2.59 bits per heavy atom. The Hall–Kier alpha value is -1.67. The van der Waals surface area contributed by atoms with Crippen molar-refractivity contribution in [2.45, 2.75) is 44.9 Å². The van der Waals surface area contributed by atoms with Crippen LogP contribution >= 0.6 is 11.6 Å². The van der Waals surface area contributed by atoms with Gasteiger partial charge in [0.05, 0.1) is 29.3 Å². The standard InChI is InChI=1S/C19H28ClN3O4/c1-12(18(26)27)8-16(24)14(21)9-22-10-17(25)23(11-19(22,2)3)15-7-5-4-6-13(15)20/h4-7,12,14,16,24H,8-11,21H2,1-3H3,(H,26,27)/t12-,14+,16+/m1/s1. The Kier molecular flexibility index (Phi) is 6.86. The SMILES string of the molecule is C[C@H](C[C@H](O)[C@@H](N)CN1CC(=O)N(c2ccccc2Cl)CC1(C)C)C(=O)O. The first-order valence-corrected chi connectivity index (χ1v) is 9.37. The summed E-state index contributed by atoms with van der Waals surface area (Å²) in [6.07, 6.45) is -0.881. The van der Waals surface area contributed by atoms with Crippen LogP contribution in [0.2, 0.25) is 5.02 Å². The first kappa shape index (κ1) is 21.6. The average Bonchev–Trinajstić information content (AvgIpc) is 2.58. The lowest BCUT2D eigenvalue weighted by atomic mass is 9.94. The van der Waals surface area contributed by atoms with Crippen LogP contribution in [0, 0.1) is 5.92 Å². The van der Waals surface area contributed by atoms with Crippen LogP contribution in [0.25, 0.3) is 0 Å². The van der Waals surface area contributed by atoms with E-state index in [4.69, 9.17) is 22.4 Å². The van der Waals surface area contributed by atoms with Gasteiger partial charge < -0.3 is 20.8 Å². The predicted octanol–water partition coefficient (Wildman–Crippen LogP) is 1.57. The number of benzene rings is 1. The highest BCUT2D eigenvalue weighted by atomic mass is 35.5. The van der Waals surface area contributed by atoms with Crippen molar-refractivity contribution in [3.63, 3.8) is 0 Å². The number of carboxylic acid groups (broad SMARTS) is 1. The molecule has 150 valence electrons. The van der Waals surface area contributed by atoms with E-state index in [2.05, 4.69) is 0 Å². The van der Waals surface area contributed by atoms with Crippen LogP contribution in [0.3, 0.4) is 0 Å². The van der Waals surface area contributed by atoms with Gasteiger partial charge in [-0.1, -0.05) is 30.7 Å². The molecule has 1 fully saturated rings. The third kappa shape index (κ3) is 5.19. The summed E-state index contributed by atoms with van der Waals surface area (Å²) in [6.45, 7) is 6.41. The highest BCUT2D eigenvalue weighted by molar-refractivity contribution is 6.33. The quantitative estimate of drug-likeness (QED) is 0.644. The lowest BCUT2D eigenvalue weighted by molar-refractivity contribution is -0.142. The highest BCUT2D eigenvalue weighted by Gasteiger charge is 2.40. The van der Waals surface area contributed by atoms with Crippen LogP contribution in [0.1, 0.15) is 27.2 Å². The van der Waals surface area contributed by atoms with Crippen molar-refractivity contribution in [1.29, 1.82) is 0 Å². The third-order valence-corrected chi connectivity index (χ3v) is 5.43. The number of amides is 1. The fraction of sp³-hybridized carbons (Fsp3) is 0.579. The first-order valence-electron chi connectivity index (χ1n) is 8.99. The number of piperazine rings is 1. The van der Waals surface area contributed by atoms with E-state index in [1.165, 1.54) is 6.92 Å². The molecule has 1 aromatic carbocycles. The summed E-state index contributed by atoms with van der Waals surface area (Å²) >= 11 is 6.24. The summed E-state index contributed by atoms with van der Waals surface area (Å²) in [5.41, 5.74) is 6.39. The van der Waals surface area contributed by atoms with Crippen LogP contribution < -0.4 is 10.6 Å². The molecular formula is C19H28ClN3O4. The maximum Gasteiger partial charge on any atom is 0.306 e. The number of halogens is 1. The van der Waals surface area contributed by atoms with Gasteiger partial charge in [0.2, 0.25) is 5.91 Å². The lowest BCUT2D eigenvalue weighted by Gasteiger charge is -2.47. The molecule has 27 heavy (non-hydrogen) atoms. The molecule has 1 heterocycles. The van der Waals surface area contributed by atoms with Crippen molar-refractivity contribution >= 4 is 29.2 Å². The van der Waals surface area contributed by atoms with Gasteiger partial charge in [0.1, 0.15) is 0 Å². The van der Waals surface area contributed by atoms with Gasteiger partial charge in [-0.15, -0.1) is 0 Å². The number of aliphatic hydroxyl groups is 1. The summed E-state index contributed by atoms with van der Waals surface area (Å²) in [5, 5.41) is 19.7. The minimum Gasteiger partial charge on any atom is -0.481 e. The molecule has 1 aliphatic heterocycles. The van der Waals surface area contributed by atoms with Crippen LogP contribution in [-0.2, 0) is 9.59 Å². The van der Waals surface area contributed by atoms with Crippen molar-refractivity contribution in [2.75, 3.05) is 24.5 Å². The van der Waals surface area contributed by atoms with Gasteiger partial charge in [-0.05, 0) is 32.4 Å². The minimum atomic E-state index is -0.967. The van der Waals surface area contributed by atoms with Crippen molar-refractivity contribution in [3.05, 3.63) is 29.3 Å². The molecular weight excluding hydrogens is 370 g/mol. The zero-order valence-electron chi connectivity index (χ0n) is 15.9. The summed E-state index contributed by atoms with van der Waals surface area (Å²) < 4.78 is 0. The van der Waals surface area contributed by atoms with E-state index in [1.807, 2.05) is 36.9 Å². The first-order chi connectivity index (χ1) is 12.5. The van der Waals surface area contributed by atoms with Gasteiger partial charge in [0.15, 0.2) is 0 Å². The molecule has 0 unspecified atom stereocenters. The molecule has 4 N–H and O–H groups in total. The number of nitrogens with zero attached hydrogens (tertiary/aromatic N) is 2. The number of carbonyl (C=O) groups excluding carboxylic acids is 1. The van der Waals surface area contributed by atoms with Crippen molar-refractivity contribution in [1.82, 2.24) is 4.90 Å². The number of hydrogen-bond acceptors (Lipinski definition) is 5. The molecule has 1 aliphatic rings. The second kappa shape index (κ2) is 8.56. The summed E-state index contributed by atoms with van der Waals surface area (Å²) in [5.74, 6) is -1.74. The van der Waals surface area contributed by atoms with Crippen molar-refractivity contribution in [3.8, 4) is 0 Å². The van der Waals surface area contributed by atoms with Crippen LogP contribution in [0.5, 0.6) is 0 Å². The van der Waals surface area contributed by atoms with E-state index in [0.29, 0.717) is 23.8 Å². The topological polar surface area (TPSA) is 107 Å². The summed E-state index contributed by atoms with van der Waals surface area (Å²) in [6, 6.07) is 6.57. The van der Waals surface area contributed by atoms with Crippen LogP contribution in [0.4, 0.5) is 5.69 Å². The molecule has 0 spiro atoms. The van der Waals surface area contributed by atoms with Gasteiger partial charge in [0.25, 0.3) is 0 Å². The molecule has 8 heteroatoms. The average molecular weight is 398 g/mol. The molecule has 0 radical (unpaired) electrons. The number of hydrogen-bond donors (Lipinski definition) is 3. The molecule has 0 bridgehead atoms. The van der Waals surface area contributed by atoms with E-state index in [-0.39, 0.29) is 24.4 Å². The van der Waals surface area contributed by atoms with Gasteiger partial charge in [0, 0.05) is 24.7 Å². The monoisotopic (exact) mass is 397 g/mol. The van der Waals surface area contributed by atoms with Crippen molar-refractivity contribution < 1.29 is 19.8 Å². The van der Waals surface area contributed by atoms with Gasteiger partial charge in [-0.25, -0.2) is 0 Å². The fourth-order valence-corrected chi connectivity index (χ4v) is 3.49. The van der Waals surface area contributed by atoms with Crippen molar-refractivity contribution in [2.24, 2.45) is 11.7 Å². The Labute approximate surface area is 164 Å². The van der Waals surface area contributed by atoms with Crippen LogP contribution in [0.15, 0.2) is 24.3 Å². The van der Waals surface area contributed by atoms with E-state index in [0.717, 1.165) is 0 Å². The number of anilines is 1. The number of carboxylic acids is 1. The molecule has 7 nitrogen and oxygen atoms in total. The van der Waals surface area contributed by atoms with Gasteiger partial charge in [-0.2, -0.15) is 0 Å².